The van der Waals surface area contributed by atoms with Crippen LogP contribution in [0.15, 0.2) is 10.7 Å². The lowest BCUT2D eigenvalue weighted by Crippen LogP contribution is -2.50. The molecule has 3 unspecified atom stereocenters. The van der Waals surface area contributed by atoms with Crippen molar-refractivity contribution in [2.75, 3.05) is 0 Å². The van der Waals surface area contributed by atoms with Crippen molar-refractivity contribution < 1.29 is 5.11 Å². The molecular formula is C10H15BrN2O. The molecule has 1 fully saturated rings. The molecule has 1 aliphatic carbocycles. The molecule has 1 aliphatic rings. The maximum atomic E-state index is 10.5. The fourth-order valence-electron chi connectivity index (χ4n) is 2.37. The summed E-state index contributed by atoms with van der Waals surface area (Å²) in [5.74, 6) is 0.885. The highest BCUT2D eigenvalue weighted by atomic mass is 79.9. The second kappa shape index (κ2) is 3.07. The third-order valence-corrected chi connectivity index (χ3v) is 4.12. The van der Waals surface area contributed by atoms with Crippen molar-refractivity contribution in [1.82, 2.24) is 9.78 Å². The third kappa shape index (κ3) is 1.17. The van der Waals surface area contributed by atoms with Crippen LogP contribution in [0.25, 0.3) is 0 Å². The molecular weight excluding hydrogens is 244 g/mol. The Balaban J connectivity index is 2.41. The average molecular weight is 259 g/mol. The van der Waals surface area contributed by atoms with E-state index in [1.807, 2.05) is 7.05 Å². The molecule has 0 bridgehead atoms. The lowest BCUT2D eigenvalue weighted by atomic mass is 9.61. The number of nitrogens with zero attached hydrogens (tertiary/aromatic N) is 2. The Morgan fingerprint density at radius 1 is 1.64 bits per heavy atom. The molecule has 14 heavy (non-hydrogen) atoms. The highest BCUT2D eigenvalue weighted by Gasteiger charge is 2.51. The van der Waals surface area contributed by atoms with Crippen LogP contribution in [0.1, 0.15) is 26.0 Å². The summed E-state index contributed by atoms with van der Waals surface area (Å²) in [4.78, 5) is 0. The first-order valence-corrected chi connectivity index (χ1v) is 5.66. The normalized spacial score (nSPS) is 36.9. The van der Waals surface area contributed by atoms with Gasteiger partial charge in [0, 0.05) is 7.05 Å². The quantitative estimate of drug-likeness (QED) is 0.838. The van der Waals surface area contributed by atoms with Crippen molar-refractivity contribution in [2.45, 2.75) is 25.9 Å². The highest BCUT2D eigenvalue weighted by Crippen LogP contribution is 2.51. The molecule has 2 rings (SSSR count). The number of rotatable bonds is 1. The van der Waals surface area contributed by atoms with Crippen molar-refractivity contribution >= 4 is 15.9 Å². The van der Waals surface area contributed by atoms with Gasteiger partial charge in [0.15, 0.2) is 0 Å². The van der Waals surface area contributed by atoms with E-state index in [0.29, 0.717) is 11.8 Å². The molecule has 3 nitrogen and oxygen atoms in total. The second-order valence-electron chi connectivity index (χ2n) is 4.36. The van der Waals surface area contributed by atoms with Gasteiger partial charge in [-0.15, -0.1) is 0 Å². The molecule has 4 heteroatoms. The SMILES string of the molecule is CC1CC(O)(c2c(Br)cnn2C)C1C. The lowest BCUT2D eigenvalue weighted by Gasteiger charge is -2.49. The molecule has 1 aromatic rings. The van der Waals surface area contributed by atoms with E-state index in [4.69, 9.17) is 0 Å². The van der Waals surface area contributed by atoms with E-state index in [0.717, 1.165) is 16.6 Å². The van der Waals surface area contributed by atoms with Crippen molar-refractivity contribution in [3.63, 3.8) is 0 Å². The van der Waals surface area contributed by atoms with Crippen LogP contribution in [0.2, 0.25) is 0 Å². The topological polar surface area (TPSA) is 38.1 Å². The van der Waals surface area contributed by atoms with Crippen LogP contribution in [-0.2, 0) is 12.6 Å². The Morgan fingerprint density at radius 3 is 2.64 bits per heavy atom. The highest BCUT2D eigenvalue weighted by molar-refractivity contribution is 9.10. The number of aliphatic hydroxyl groups is 1. The zero-order valence-electron chi connectivity index (χ0n) is 8.66. The first kappa shape index (κ1) is 10.2. The smallest absolute Gasteiger partial charge is 0.110 e. The van der Waals surface area contributed by atoms with Crippen LogP contribution < -0.4 is 0 Å². The van der Waals surface area contributed by atoms with Crippen molar-refractivity contribution in [3.8, 4) is 0 Å². The molecule has 1 N–H and O–H groups in total. The molecule has 0 aliphatic heterocycles. The molecule has 0 saturated heterocycles. The monoisotopic (exact) mass is 258 g/mol. The number of halogens is 1. The molecule has 78 valence electrons. The number of aryl methyl sites for hydroxylation is 1. The van der Waals surface area contributed by atoms with E-state index < -0.39 is 5.60 Å². The van der Waals surface area contributed by atoms with Gasteiger partial charge in [-0.3, -0.25) is 4.68 Å². The largest absolute Gasteiger partial charge is 0.383 e. The standard InChI is InChI=1S/C10H15BrN2O/c1-6-4-10(14,7(6)2)9-8(11)5-12-13(9)3/h5-7,14H,4H2,1-3H3. The average Bonchev–Trinajstić information content (AvgIpc) is 2.46. The van der Waals surface area contributed by atoms with Crippen molar-refractivity contribution in [3.05, 3.63) is 16.4 Å². The fraction of sp³-hybridized carbons (Fsp3) is 0.700. The molecule has 0 aromatic carbocycles. The summed E-state index contributed by atoms with van der Waals surface area (Å²) in [5.41, 5.74) is 0.215. The maximum absolute atomic E-state index is 10.5. The van der Waals surface area contributed by atoms with Crippen LogP contribution in [0.5, 0.6) is 0 Å². The van der Waals surface area contributed by atoms with E-state index in [-0.39, 0.29) is 0 Å². The minimum absolute atomic E-state index is 0.300. The molecule has 0 spiro atoms. The third-order valence-electron chi connectivity index (χ3n) is 3.54. The summed E-state index contributed by atoms with van der Waals surface area (Å²) in [6.45, 7) is 4.26. The van der Waals surface area contributed by atoms with E-state index in [9.17, 15) is 5.11 Å². The Labute approximate surface area is 92.2 Å². The minimum Gasteiger partial charge on any atom is -0.383 e. The summed E-state index contributed by atoms with van der Waals surface area (Å²) < 4.78 is 2.66. The maximum Gasteiger partial charge on any atom is 0.110 e. The molecule has 1 heterocycles. The van der Waals surface area contributed by atoms with Gasteiger partial charge in [0.1, 0.15) is 5.60 Å². The Kier molecular flexibility index (Phi) is 2.23. The van der Waals surface area contributed by atoms with Gasteiger partial charge in [-0.25, -0.2) is 0 Å². The summed E-state index contributed by atoms with van der Waals surface area (Å²) in [6.07, 6.45) is 2.56. The van der Waals surface area contributed by atoms with E-state index in [2.05, 4.69) is 34.9 Å². The van der Waals surface area contributed by atoms with Crippen molar-refractivity contribution in [1.29, 1.82) is 0 Å². The first-order chi connectivity index (χ1) is 6.47. The first-order valence-electron chi connectivity index (χ1n) is 4.87. The van der Waals surface area contributed by atoms with Crippen LogP contribution in [0, 0.1) is 11.8 Å². The van der Waals surface area contributed by atoms with E-state index in [1.54, 1.807) is 10.9 Å². The summed E-state index contributed by atoms with van der Waals surface area (Å²) in [6, 6.07) is 0. The Bertz CT molecular complexity index is 344. The molecule has 0 amide bonds. The summed E-state index contributed by atoms with van der Waals surface area (Å²) in [5, 5.41) is 14.6. The second-order valence-corrected chi connectivity index (χ2v) is 5.21. The van der Waals surface area contributed by atoms with Gasteiger partial charge in [0.05, 0.1) is 16.4 Å². The predicted molar refractivity (Wildman–Crippen MR) is 57.7 cm³/mol. The van der Waals surface area contributed by atoms with Crippen LogP contribution in [0.3, 0.4) is 0 Å². The van der Waals surface area contributed by atoms with Gasteiger partial charge in [-0.05, 0) is 34.2 Å². The van der Waals surface area contributed by atoms with E-state index in [1.165, 1.54) is 0 Å². The van der Waals surface area contributed by atoms with E-state index >= 15 is 0 Å². The zero-order chi connectivity index (χ0) is 10.5. The zero-order valence-corrected chi connectivity index (χ0v) is 10.2. The van der Waals surface area contributed by atoms with Gasteiger partial charge in [-0.1, -0.05) is 13.8 Å². The van der Waals surface area contributed by atoms with Crippen LogP contribution in [-0.4, -0.2) is 14.9 Å². The van der Waals surface area contributed by atoms with Gasteiger partial charge < -0.3 is 5.11 Å². The minimum atomic E-state index is -0.691. The summed E-state index contributed by atoms with van der Waals surface area (Å²) >= 11 is 3.43. The predicted octanol–water partition coefficient (Wildman–Crippen LogP) is 2.05. The lowest BCUT2D eigenvalue weighted by molar-refractivity contribution is -0.137. The molecule has 1 aromatic heterocycles. The molecule has 3 atom stereocenters. The molecule has 0 radical (unpaired) electrons. The molecule has 1 saturated carbocycles. The van der Waals surface area contributed by atoms with Gasteiger partial charge in [0.25, 0.3) is 0 Å². The fourth-order valence-corrected chi connectivity index (χ4v) is 3.07. The number of hydrogen-bond acceptors (Lipinski definition) is 2. The Hall–Kier alpha value is -0.350. The van der Waals surface area contributed by atoms with Gasteiger partial charge in [0.2, 0.25) is 0 Å². The van der Waals surface area contributed by atoms with Crippen molar-refractivity contribution in [2.24, 2.45) is 18.9 Å². The summed E-state index contributed by atoms with van der Waals surface area (Å²) in [7, 11) is 1.87. The van der Waals surface area contributed by atoms with Crippen LogP contribution >= 0.6 is 15.9 Å². The van der Waals surface area contributed by atoms with Gasteiger partial charge in [-0.2, -0.15) is 5.10 Å². The number of hydrogen-bond donors (Lipinski definition) is 1. The van der Waals surface area contributed by atoms with Gasteiger partial charge >= 0.3 is 0 Å². The number of aromatic nitrogens is 2. The Morgan fingerprint density at radius 2 is 2.29 bits per heavy atom. The van der Waals surface area contributed by atoms with Crippen LogP contribution in [0.4, 0.5) is 0 Å².